The molecule has 0 saturated carbocycles. The average Bonchev–Trinajstić information content (AvgIpc) is 2.64. The minimum Gasteiger partial charge on any atom is -0.461 e. The highest BCUT2D eigenvalue weighted by Crippen LogP contribution is 2.05. The van der Waals surface area contributed by atoms with E-state index in [1.54, 1.807) is 6.92 Å². The van der Waals surface area contributed by atoms with Crippen molar-refractivity contribution >= 4 is 17.8 Å². The number of esters is 1. The quantitative estimate of drug-likeness (QED) is 0.530. The van der Waals surface area contributed by atoms with Crippen LogP contribution in [0.3, 0.4) is 0 Å². The van der Waals surface area contributed by atoms with Crippen LogP contribution in [0.2, 0.25) is 0 Å². The number of nitrogens with one attached hydrogen (secondary N) is 2. The summed E-state index contributed by atoms with van der Waals surface area (Å²) in [7, 11) is 0. The molecule has 150 valence electrons. The molecular weight excluding hydrogens is 346 g/mol. The number of hydrogen-bond donors (Lipinski definition) is 3. The Morgan fingerprint density at radius 2 is 1.70 bits per heavy atom. The van der Waals surface area contributed by atoms with Crippen LogP contribution in [-0.4, -0.2) is 42.5 Å². The first-order valence-corrected chi connectivity index (χ1v) is 9.31. The average molecular weight is 377 g/mol. The van der Waals surface area contributed by atoms with Crippen molar-refractivity contribution in [2.24, 2.45) is 11.7 Å². The number of hydrogen-bond acceptors (Lipinski definition) is 5. The molecule has 0 spiro atoms. The fourth-order valence-electron chi connectivity index (χ4n) is 2.37. The monoisotopic (exact) mass is 377 g/mol. The van der Waals surface area contributed by atoms with E-state index >= 15 is 0 Å². The third-order valence-electron chi connectivity index (χ3n) is 4.20. The summed E-state index contributed by atoms with van der Waals surface area (Å²) in [4.78, 5) is 36.5. The van der Waals surface area contributed by atoms with Crippen molar-refractivity contribution in [3.8, 4) is 0 Å². The van der Waals surface area contributed by atoms with Gasteiger partial charge in [0.15, 0.2) is 0 Å². The van der Waals surface area contributed by atoms with E-state index in [1.807, 2.05) is 51.1 Å². The number of amides is 2. The van der Waals surface area contributed by atoms with Crippen LogP contribution < -0.4 is 16.4 Å². The van der Waals surface area contributed by atoms with E-state index in [2.05, 4.69) is 10.6 Å². The Balaban J connectivity index is 2.57. The van der Waals surface area contributed by atoms with Crippen molar-refractivity contribution in [2.75, 3.05) is 6.54 Å². The summed E-state index contributed by atoms with van der Waals surface area (Å²) in [6, 6.07) is 7.88. The van der Waals surface area contributed by atoms with Crippen LogP contribution >= 0.6 is 0 Å². The van der Waals surface area contributed by atoms with E-state index in [9.17, 15) is 14.4 Å². The van der Waals surface area contributed by atoms with Crippen LogP contribution in [0.15, 0.2) is 30.3 Å². The van der Waals surface area contributed by atoms with E-state index in [0.717, 1.165) is 5.56 Å². The second kappa shape index (κ2) is 11.3. The lowest BCUT2D eigenvalue weighted by atomic mass is 10.0. The van der Waals surface area contributed by atoms with Gasteiger partial charge in [-0.2, -0.15) is 0 Å². The topological polar surface area (TPSA) is 111 Å². The Labute approximate surface area is 161 Å². The van der Waals surface area contributed by atoms with Crippen molar-refractivity contribution < 1.29 is 19.1 Å². The van der Waals surface area contributed by atoms with Crippen molar-refractivity contribution in [1.82, 2.24) is 10.6 Å². The Kier molecular flexibility index (Phi) is 9.50. The lowest BCUT2D eigenvalue weighted by Gasteiger charge is -2.23. The lowest BCUT2D eigenvalue weighted by molar-refractivity contribution is -0.148. The summed E-state index contributed by atoms with van der Waals surface area (Å²) in [5, 5.41) is 5.20. The molecule has 0 aliphatic carbocycles. The molecular formula is C20H31N3O4. The molecule has 4 N–H and O–H groups in total. The number of rotatable bonds is 10. The first-order valence-electron chi connectivity index (χ1n) is 9.31. The molecule has 2 amide bonds. The summed E-state index contributed by atoms with van der Waals surface area (Å²) in [6.07, 6.45) is 0.871. The zero-order chi connectivity index (χ0) is 20.4. The summed E-state index contributed by atoms with van der Waals surface area (Å²) in [5.74, 6) is -1.52. The lowest BCUT2D eigenvalue weighted by Crippen LogP contribution is -2.54. The van der Waals surface area contributed by atoms with Crippen LogP contribution in [0, 0.1) is 5.92 Å². The van der Waals surface area contributed by atoms with Crippen molar-refractivity contribution in [2.45, 2.75) is 58.7 Å². The first-order chi connectivity index (χ1) is 12.7. The second-order valence-electron chi connectivity index (χ2n) is 6.95. The van der Waals surface area contributed by atoms with Gasteiger partial charge in [0.1, 0.15) is 12.6 Å². The first kappa shape index (κ1) is 22.6. The maximum atomic E-state index is 12.4. The molecule has 1 aromatic rings. The summed E-state index contributed by atoms with van der Waals surface area (Å²) >= 11 is 0. The van der Waals surface area contributed by atoms with Gasteiger partial charge >= 0.3 is 5.97 Å². The third-order valence-corrected chi connectivity index (χ3v) is 4.20. The molecule has 7 nitrogen and oxygen atoms in total. The van der Waals surface area contributed by atoms with Gasteiger partial charge in [-0.15, -0.1) is 0 Å². The van der Waals surface area contributed by atoms with Crippen LogP contribution in [-0.2, 0) is 25.5 Å². The molecule has 3 atom stereocenters. The highest BCUT2D eigenvalue weighted by molar-refractivity contribution is 5.91. The van der Waals surface area contributed by atoms with Gasteiger partial charge in [0, 0.05) is 0 Å². The maximum absolute atomic E-state index is 12.4. The van der Waals surface area contributed by atoms with Gasteiger partial charge in [-0.1, -0.05) is 51.1 Å². The molecule has 27 heavy (non-hydrogen) atoms. The molecule has 0 aliphatic rings. The van der Waals surface area contributed by atoms with E-state index in [4.69, 9.17) is 10.5 Å². The minimum absolute atomic E-state index is 0.163. The molecule has 7 heteroatoms. The largest absolute Gasteiger partial charge is 0.461 e. The number of carbonyl (C=O) groups excluding carboxylic acids is 3. The van der Waals surface area contributed by atoms with Crippen LogP contribution in [0.5, 0.6) is 0 Å². The van der Waals surface area contributed by atoms with Crippen LogP contribution in [0.4, 0.5) is 0 Å². The van der Waals surface area contributed by atoms with Gasteiger partial charge in [-0.3, -0.25) is 14.4 Å². The van der Waals surface area contributed by atoms with Gasteiger partial charge in [0.2, 0.25) is 11.8 Å². The molecule has 0 bridgehead atoms. The molecule has 0 fully saturated rings. The van der Waals surface area contributed by atoms with Crippen LogP contribution in [0.25, 0.3) is 0 Å². The molecule has 0 radical (unpaired) electrons. The summed E-state index contributed by atoms with van der Waals surface area (Å²) < 4.78 is 5.11. The van der Waals surface area contributed by atoms with Crippen molar-refractivity contribution in [3.63, 3.8) is 0 Å². The van der Waals surface area contributed by atoms with E-state index in [1.165, 1.54) is 0 Å². The zero-order valence-electron chi connectivity index (χ0n) is 16.5. The molecule has 1 aromatic carbocycles. The van der Waals surface area contributed by atoms with Gasteiger partial charge in [-0.05, 0) is 31.2 Å². The summed E-state index contributed by atoms with van der Waals surface area (Å²) in [5.41, 5.74) is 6.92. The van der Waals surface area contributed by atoms with Gasteiger partial charge in [0.25, 0.3) is 0 Å². The summed E-state index contributed by atoms with van der Waals surface area (Å²) in [6.45, 7) is 7.07. The predicted molar refractivity (Wildman–Crippen MR) is 104 cm³/mol. The number of ether oxygens (including phenoxy) is 1. The normalized spacial score (nSPS) is 14.1. The Hall–Kier alpha value is -2.41. The zero-order valence-corrected chi connectivity index (χ0v) is 16.5. The smallest absolute Gasteiger partial charge is 0.325 e. The number of nitrogens with two attached hydrogens (primary N) is 1. The van der Waals surface area contributed by atoms with Crippen molar-refractivity contribution in [1.29, 1.82) is 0 Å². The molecule has 0 heterocycles. The Morgan fingerprint density at radius 3 is 2.26 bits per heavy atom. The van der Waals surface area contributed by atoms with E-state index < -0.39 is 29.9 Å². The van der Waals surface area contributed by atoms with E-state index in [0.29, 0.717) is 12.8 Å². The second-order valence-corrected chi connectivity index (χ2v) is 6.95. The van der Waals surface area contributed by atoms with Gasteiger partial charge in [-0.25, -0.2) is 0 Å². The maximum Gasteiger partial charge on any atom is 0.325 e. The molecule has 1 rings (SSSR count). The molecule has 0 aromatic heterocycles. The number of benzene rings is 1. The third kappa shape index (κ3) is 8.21. The SMILES string of the molecule is CCC(C)OC(=O)CNC(=O)C(NC(=O)C(N)Cc1ccccc1)C(C)C. The molecule has 3 unspecified atom stereocenters. The predicted octanol–water partition coefficient (Wildman–Crippen LogP) is 1.16. The fraction of sp³-hybridized carbons (Fsp3) is 0.550. The van der Waals surface area contributed by atoms with E-state index in [-0.39, 0.29) is 18.6 Å². The molecule has 0 aliphatic heterocycles. The minimum atomic E-state index is -0.782. The highest BCUT2D eigenvalue weighted by atomic mass is 16.5. The van der Waals surface area contributed by atoms with Crippen LogP contribution in [0.1, 0.15) is 39.7 Å². The van der Waals surface area contributed by atoms with Gasteiger partial charge < -0.3 is 21.1 Å². The fourth-order valence-corrected chi connectivity index (χ4v) is 2.37. The number of carbonyl (C=O) groups is 3. The highest BCUT2D eigenvalue weighted by Gasteiger charge is 2.27. The molecule has 0 saturated heterocycles. The van der Waals surface area contributed by atoms with Gasteiger partial charge in [0.05, 0.1) is 12.1 Å². The standard InChI is InChI=1S/C20H31N3O4/c1-5-14(4)27-17(24)12-22-20(26)18(13(2)3)23-19(25)16(21)11-15-9-7-6-8-10-15/h6-10,13-14,16,18H,5,11-12,21H2,1-4H3,(H,22,26)(H,23,25). The van der Waals surface area contributed by atoms with Crippen molar-refractivity contribution in [3.05, 3.63) is 35.9 Å². The Bertz CT molecular complexity index is 619. The Morgan fingerprint density at radius 1 is 1.07 bits per heavy atom.